The maximum atomic E-state index is 13.5. The van der Waals surface area contributed by atoms with E-state index >= 15 is 0 Å². The maximum absolute atomic E-state index is 13.5. The number of amides is 3. The molecule has 234 valence electrons. The quantitative estimate of drug-likeness (QED) is 0.125. The first-order valence-electron chi connectivity index (χ1n) is 14.8. The van der Waals surface area contributed by atoms with Crippen LogP contribution in [0.25, 0.3) is 10.8 Å². The Morgan fingerprint density at radius 1 is 0.778 bits per heavy atom. The van der Waals surface area contributed by atoms with Crippen LogP contribution in [0.4, 0.5) is 0 Å². The normalized spacial score (nSPS) is 12.2. The number of carbonyl (C=O) groups is 4. The van der Waals surface area contributed by atoms with Gasteiger partial charge in [0, 0.05) is 67.5 Å². The molecule has 0 bridgehead atoms. The summed E-state index contributed by atoms with van der Waals surface area (Å²) in [5, 5.41) is 7.47. The van der Waals surface area contributed by atoms with Crippen molar-refractivity contribution in [3.05, 3.63) is 114 Å². The number of hydrogen-bond donors (Lipinski definition) is 5. The van der Waals surface area contributed by atoms with Crippen molar-refractivity contribution in [2.75, 3.05) is 26.2 Å². The summed E-state index contributed by atoms with van der Waals surface area (Å²) < 4.78 is 0. The van der Waals surface area contributed by atoms with Crippen molar-refractivity contribution >= 4 is 34.3 Å². The Balaban J connectivity index is 1.45. The fraction of sp³-hybridized carbons (Fsp3) is 0.265. The summed E-state index contributed by atoms with van der Waals surface area (Å²) >= 11 is 0. The van der Waals surface area contributed by atoms with Gasteiger partial charge in [-0.05, 0) is 17.0 Å². The Labute approximate surface area is 262 Å². The van der Waals surface area contributed by atoms with E-state index in [1.54, 1.807) is 42.6 Å². The van der Waals surface area contributed by atoms with Gasteiger partial charge in [0.15, 0.2) is 5.78 Å². The smallest absolute Gasteiger partial charge is 0.243 e. The number of benzene rings is 3. The van der Waals surface area contributed by atoms with Crippen LogP contribution in [0.5, 0.6) is 0 Å². The van der Waals surface area contributed by atoms with Crippen LogP contribution in [0, 0.1) is 0 Å². The molecule has 0 saturated heterocycles. The maximum Gasteiger partial charge on any atom is 0.243 e. The molecule has 0 radical (unpaired) electrons. The van der Waals surface area contributed by atoms with Gasteiger partial charge in [0.2, 0.25) is 17.7 Å². The first-order valence-corrected chi connectivity index (χ1v) is 14.8. The van der Waals surface area contributed by atoms with Crippen molar-refractivity contribution in [1.82, 2.24) is 20.5 Å². The van der Waals surface area contributed by atoms with Gasteiger partial charge in [-0.3, -0.25) is 24.2 Å². The van der Waals surface area contributed by atoms with E-state index in [9.17, 15) is 19.2 Å². The summed E-state index contributed by atoms with van der Waals surface area (Å²) in [7, 11) is 0. The summed E-state index contributed by atoms with van der Waals surface area (Å²) in [6, 6.07) is 23.3. The van der Waals surface area contributed by atoms with Crippen LogP contribution in [0.1, 0.15) is 33.6 Å². The van der Waals surface area contributed by atoms with Crippen LogP contribution in [-0.2, 0) is 27.3 Å². The highest BCUT2D eigenvalue weighted by Gasteiger charge is 2.27. The SMILES string of the molecule is NCCN(CCN)C(=O)C[C@H](N)C(=O)N[C@@H](Cc1cc2ccccc2cn1)C(=O)NCc1ccc(C(=O)c2ccccc2)cc1. The Morgan fingerprint density at radius 2 is 1.40 bits per heavy atom. The zero-order valence-electron chi connectivity index (χ0n) is 25.0. The topological polar surface area (TPSA) is 187 Å². The lowest BCUT2D eigenvalue weighted by molar-refractivity contribution is -0.135. The molecule has 0 aliphatic heterocycles. The molecule has 4 rings (SSSR count). The molecule has 1 heterocycles. The number of carbonyl (C=O) groups excluding carboxylic acids is 4. The second kappa shape index (κ2) is 16.2. The molecule has 0 spiro atoms. The number of fused-ring (bicyclic) bond motifs is 1. The van der Waals surface area contributed by atoms with Gasteiger partial charge in [0.1, 0.15) is 6.04 Å². The molecule has 11 heteroatoms. The Morgan fingerprint density at radius 3 is 2.07 bits per heavy atom. The van der Waals surface area contributed by atoms with Crippen LogP contribution < -0.4 is 27.8 Å². The van der Waals surface area contributed by atoms with Crippen LogP contribution in [0.3, 0.4) is 0 Å². The Hall–Kier alpha value is -4.97. The molecule has 1 aromatic heterocycles. The molecule has 0 aliphatic rings. The number of aromatic nitrogens is 1. The third-order valence-corrected chi connectivity index (χ3v) is 7.33. The van der Waals surface area contributed by atoms with E-state index < -0.39 is 23.9 Å². The minimum Gasteiger partial charge on any atom is -0.350 e. The monoisotopic (exact) mass is 609 g/mol. The minimum atomic E-state index is -1.19. The van der Waals surface area contributed by atoms with Gasteiger partial charge < -0.3 is 32.7 Å². The predicted molar refractivity (Wildman–Crippen MR) is 173 cm³/mol. The molecular weight excluding hydrogens is 570 g/mol. The van der Waals surface area contributed by atoms with Gasteiger partial charge in [-0.15, -0.1) is 0 Å². The zero-order valence-corrected chi connectivity index (χ0v) is 25.0. The van der Waals surface area contributed by atoms with Crippen molar-refractivity contribution in [3.8, 4) is 0 Å². The third-order valence-electron chi connectivity index (χ3n) is 7.33. The fourth-order valence-corrected chi connectivity index (χ4v) is 4.86. The van der Waals surface area contributed by atoms with E-state index in [-0.39, 0.29) is 44.2 Å². The largest absolute Gasteiger partial charge is 0.350 e. The van der Waals surface area contributed by atoms with Crippen molar-refractivity contribution in [2.24, 2.45) is 17.2 Å². The number of nitrogens with zero attached hydrogens (tertiary/aromatic N) is 2. The average Bonchev–Trinajstić information content (AvgIpc) is 3.07. The zero-order chi connectivity index (χ0) is 32.2. The van der Waals surface area contributed by atoms with Crippen molar-refractivity contribution < 1.29 is 19.2 Å². The van der Waals surface area contributed by atoms with Gasteiger partial charge >= 0.3 is 0 Å². The van der Waals surface area contributed by atoms with Crippen LogP contribution in [-0.4, -0.2) is 71.7 Å². The summed E-state index contributed by atoms with van der Waals surface area (Å²) in [6.45, 7) is 1.25. The van der Waals surface area contributed by atoms with Gasteiger partial charge in [-0.1, -0.05) is 78.9 Å². The highest BCUT2D eigenvalue weighted by atomic mass is 16.2. The number of nitrogens with one attached hydrogen (secondary N) is 2. The lowest BCUT2D eigenvalue weighted by Crippen LogP contribution is -2.53. The molecule has 0 saturated carbocycles. The number of hydrogen-bond acceptors (Lipinski definition) is 8. The number of ketones is 1. The molecular formula is C34H39N7O4. The van der Waals surface area contributed by atoms with E-state index in [2.05, 4.69) is 15.6 Å². The summed E-state index contributed by atoms with van der Waals surface area (Å²) in [5.74, 6) is -1.54. The van der Waals surface area contributed by atoms with E-state index in [0.717, 1.165) is 16.3 Å². The molecule has 2 atom stereocenters. The predicted octanol–water partition coefficient (Wildman–Crippen LogP) is 1.27. The van der Waals surface area contributed by atoms with Gasteiger partial charge in [-0.25, -0.2) is 0 Å². The molecule has 3 aromatic carbocycles. The van der Waals surface area contributed by atoms with E-state index in [1.807, 2.05) is 48.5 Å². The lowest BCUT2D eigenvalue weighted by Gasteiger charge is -2.24. The number of nitrogens with two attached hydrogens (primary N) is 3. The third kappa shape index (κ3) is 9.26. The highest BCUT2D eigenvalue weighted by Crippen LogP contribution is 2.15. The number of pyridine rings is 1. The fourth-order valence-electron chi connectivity index (χ4n) is 4.86. The second-order valence-corrected chi connectivity index (χ2v) is 10.7. The Bertz CT molecular complexity index is 1610. The standard InChI is InChI=1S/C34H39N7O4/c35-14-16-41(17-15-36)31(42)20-29(37)33(44)40-30(19-28-18-26-8-4-5-9-27(26)22-38-28)34(45)39-21-23-10-12-25(13-11-23)32(43)24-6-2-1-3-7-24/h1-13,18,22,29-30H,14-17,19-21,35-37H2,(H,39,45)(H,40,44)/t29-,30-/m0/s1. The summed E-state index contributed by atoms with van der Waals surface area (Å²) in [4.78, 5) is 58.0. The van der Waals surface area contributed by atoms with E-state index in [4.69, 9.17) is 17.2 Å². The van der Waals surface area contributed by atoms with E-state index in [0.29, 0.717) is 29.9 Å². The van der Waals surface area contributed by atoms with Gasteiger partial charge in [0.25, 0.3) is 0 Å². The molecule has 0 aliphatic carbocycles. The minimum absolute atomic E-state index is 0.0964. The Kier molecular flexibility index (Phi) is 11.9. The lowest BCUT2D eigenvalue weighted by atomic mass is 10.0. The van der Waals surface area contributed by atoms with Crippen molar-refractivity contribution in [2.45, 2.75) is 31.5 Å². The molecule has 11 nitrogen and oxygen atoms in total. The van der Waals surface area contributed by atoms with Crippen LogP contribution in [0.15, 0.2) is 91.1 Å². The highest BCUT2D eigenvalue weighted by molar-refractivity contribution is 6.09. The molecule has 0 fully saturated rings. The van der Waals surface area contributed by atoms with E-state index in [1.165, 1.54) is 4.90 Å². The first-order chi connectivity index (χ1) is 21.8. The number of rotatable bonds is 15. The molecule has 45 heavy (non-hydrogen) atoms. The molecule has 4 aromatic rings. The second-order valence-electron chi connectivity index (χ2n) is 10.7. The van der Waals surface area contributed by atoms with Crippen LogP contribution >= 0.6 is 0 Å². The van der Waals surface area contributed by atoms with Crippen molar-refractivity contribution in [1.29, 1.82) is 0 Å². The first kappa shape index (κ1) is 32.9. The summed E-state index contributed by atoms with van der Waals surface area (Å²) in [5.41, 5.74) is 19.8. The molecule has 0 unspecified atom stereocenters. The molecule has 3 amide bonds. The average molecular weight is 610 g/mol. The van der Waals surface area contributed by atoms with Gasteiger partial charge in [0.05, 0.1) is 12.5 Å². The molecule has 8 N–H and O–H groups in total. The van der Waals surface area contributed by atoms with Gasteiger partial charge in [-0.2, -0.15) is 0 Å². The van der Waals surface area contributed by atoms with Crippen molar-refractivity contribution in [3.63, 3.8) is 0 Å². The summed E-state index contributed by atoms with van der Waals surface area (Å²) in [6.07, 6.45) is 1.55. The van der Waals surface area contributed by atoms with Crippen LogP contribution in [0.2, 0.25) is 0 Å².